The summed E-state index contributed by atoms with van der Waals surface area (Å²) in [7, 11) is 0. The van der Waals surface area contributed by atoms with Crippen LogP contribution in [-0.2, 0) is 19.3 Å². The number of rotatable bonds is 1. The summed E-state index contributed by atoms with van der Waals surface area (Å²) in [5.41, 5.74) is 0.367. The van der Waals surface area contributed by atoms with Crippen LogP contribution in [0.5, 0.6) is 0 Å². The molecule has 112 valence electrons. The molecular formula is C11H9BrF3N5O. The zero-order valence-corrected chi connectivity index (χ0v) is 12.1. The number of alkyl halides is 3. The number of hydrogen-bond donors (Lipinski definition) is 1. The lowest BCUT2D eigenvalue weighted by atomic mass is 10.3. The van der Waals surface area contributed by atoms with Crippen LogP contribution in [0.15, 0.2) is 16.7 Å². The molecule has 0 fully saturated rings. The largest absolute Gasteiger partial charge is 0.451 e. The predicted octanol–water partition coefficient (Wildman–Crippen LogP) is 2.04. The summed E-state index contributed by atoms with van der Waals surface area (Å²) in [6.07, 6.45) is -2.93. The zero-order valence-electron chi connectivity index (χ0n) is 10.5. The second-order valence-corrected chi connectivity index (χ2v) is 5.46. The van der Waals surface area contributed by atoms with Gasteiger partial charge in [-0.05, 0) is 22.0 Å². The molecule has 1 amide bonds. The first-order valence-electron chi connectivity index (χ1n) is 5.99. The predicted molar refractivity (Wildman–Crippen MR) is 68.3 cm³/mol. The number of H-pyrrole nitrogens is 1. The summed E-state index contributed by atoms with van der Waals surface area (Å²) in [4.78, 5) is 16.4. The Labute approximate surface area is 125 Å². The summed E-state index contributed by atoms with van der Waals surface area (Å²) in [6, 6.07) is 1.61. The van der Waals surface area contributed by atoms with Crippen molar-refractivity contribution in [2.45, 2.75) is 19.3 Å². The molecule has 1 aliphatic rings. The van der Waals surface area contributed by atoms with Gasteiger partial charge in [-0.3, -0.25) is 4.79 Å². The first kappa shape index (κ1) is 14.1. The highest BCUT2D eigenvalue weighted by Gasteiger charge is 2.40. The first-order valence-corrected chi connectivity index (χ1v) is 6.78. The number of nitrogens with one attached hydrogen (secondary N) is 1. The van der Waals surface area contributed by atoms with Gasteiger partial charge in [-0.1, -0.05) is 0 Å². The van der Waals surface area contributed by atoms with Crippen LogP contribution < -0.4 is 0 Å². The third kappa shape index (κ3) is 2.55. The van der Waals surface area contributed by atoms with E-state index in [-0.39, 0.29) is 31.4 Å². The van der Waals surface area contributed by atoms with Gasteiger partial charge in [0.05, 0.1) is 6.54 Å². The highest BCUT2D eigenvalue weighted by Crippen LogP contribution is 2.29. The van der Waals surface area contributed by atoms with Gasteiger partial charge in [-0.2, -0.15) is 13.2 Å². The minimum atomic E-state index is -4.54. The Bertz CT molecular complexity index is 692. The van der Waals surface area contributed by atoms with Crippen LogP contribution in [0.1, 0.15) is 22.1 Å². The SMILES string of the molecule is O=C(c1cc(Br)c[nH]1)N1CCn2c(nnc2C(F)(F)F)C1. The molecular weight excluding hydrogens is 355 g/mol. The number of amides is 1. The Morgan fingerprint density at radius 1 is 1.33 bits per heavy atom. The zero-order chi connectivity index (χ0) is 15.2. The highest BCUT2D eigenvalue weighted by atomic mass is 79.9. The van der Waals surface area contributed by atoms with Crippen molar-refractivity contribution in [2.75, 3.05) is 6.54 Å². The molecule has 2 aromatic heterocycles. The third-order valence-corrected chi connectivity index (χ3v) is 3.63. The lowest BCUT2D eigenvalue weighted by Gasteiger charge is -2.27. The minimum Gasteiger partial charge on any atom is -0.356 e. The Morgan fingerprint density at radius 3 is 2.71 bits per heavy atom. The average molecular weight is 364 g/mol. The molecule has 0 spiro atoms. The van der Waals surface area contributed by atoms with Gasteiger partial charge >= 0.3 is 6.18 Å². The van der Waals surface area contributed by atoms with E-state index in [2.05, 4.69) is 31.1 Å². The van der Waals surface area contributed by atoms with Gasteiger partial charge in [0.15, 0.2) is 5.82 Å². The molecule has 3 rings (SSSR count). The molecule has 1 N–H and O–H groups in total. The van der Waals surface area contributed by atoms with E-state index in [0.717, 1.165) is 9.04 Å². The molecule has 6 nitrogen and oxygen atoms in total. The Morgan fingerprint density at radius 2 is 2.10 bits per heavy atom. The van der Waals surface area contributed by atoms with Crippen LogP contribution in [0.2, 0.25) is 0 Å². The molecule has 0 unspecified atom stereocenters. The topological polar surface area (TPSA) is 66.8 Å². The number of hydrogen-bond acceptors (Lipinski definition) is 3. The van der Waals surface area contributed by atoms with Gasteiger partial charge in [0.1, 0.15) is 5.69 Å². The molecule has 0 atom stereocenters. The van der Waals surface area contributed by atoms with Crippen LogP contribution in [-0.4, -0.2) is 37.1 Å². The quantitative estimate of drug-likeness (QED) is 0.842. The van der Waals surface area contributed by atoms with E-state index >= 15 is 0 Å². The normalized spacial score (nSPS) is 15.1. The van der Waals surface area contributed by atoms with E-state index < -0.39 is 12.0 Å². The summed E-state index contributed by atoms with van der Waals surface area (Å²) < 4.78 is 39.9. The van der Waals surface area contributed by atoms with Crippen LogP contribution >= 0.6 is 15.9 Å². The van der Waals surface area contributed by atoms with E-state index in [9.17, 15) is 18.0 Å². The number of halogens is 4. The molecule has 0 saturated carbocycles. The average Bonchev–Trinajstić information content (AvgIpc) is 3.02. The summed E-state index contributed by atoms with van der Waals surface area (Å²) in [6.45, 7) is 0.187. The van der Waals surface area contributed by atoms with Crippen LogP contribution in [0.3, 0.4) is 0 Å². The number of carbonyl (C=O) groups is 1. The van der Waals surface area contributed by atoms with Crippen molar-refractivity contribution in [3.8, 4) is 0 Å². The first-order chi connectivity index (χ1) is 9.86. The second kappa shape index (κ2) is 4.86. The minimum absolute atomic E-state index is 0.00144. The number of fused-ring (bicyclic) bond motifs is 1. The van der Waals surface area contributed by atoms with Crippen molar-refractivity contribution < 1.29 is 18.0 Å². The van der Waals surface area contributed by atoms with Crippen molar-refractivity contribution in [1.29, 1.82) is 0 Å². The van der Waals surface area contributed by atoms with Crippen molar-refractivity contribution in [1.82, 2.24) is 24.6 Å². The summed E-state index contributed by atoms with van der Waals surface area (Å²) in [5, 5.41) is 6.71. The van der Waals surface area contributed by atoms with E-state index in [1.54, 1.807) is 12.3 Å². The number of nitrogens with zero attached hydrogens (tertiary/aromatic N) is 4. The molecule has 0 radical (unpaired) electrons. The standard InChI is InChI=1S/C11H9BrF3N5O/c12-6-3-7(16-4-6)9(21)19-1-2-20-8(5-19)17-18-10(20)11(13,14)15/h3-4,16H,1-2,5H2. The number of carbonyl (C=O) groups excluding carboxylic acids is 1. The summed E-state index contributed by atoms with van der Waals surface area (Å²) >= 11 is 3.22. The van der Waals surface area contributed by atoms with Crippen LogP contribution in [0, 0.1) is 0 Å². The number of aromatic nitrogens is 4. The summed E-state index contributed by atoms with van der Waals surface area (Å²) in [5.74, 6) is -1.18. The van der Waals surface area contributed by atoms with Crippen LogP contribution in [0.4, 0.5) is 13.2 Å². The van der Waals surface area contributed by atoms with E-state index in [0.29, 0.717) is 5.69 Å². The van der Waals surface area contributed by atoms with Crippen molar-refractivity contribution >= 4 is 21.8 Å². The highest BCUT2D eigenvalue weighted by molar-refractivity contribution is 9.10. The van der Waals surface area contributed by atoms with Crippen molar-refractivity contribution in [2.24, 2.45) is 0 Å². The molecule has 1 aliphatic heterocycles. The maximum atomic E-state index is 12.7. The smallest absolute Gasteiger partial charge is 0.356 e. The molecule has 0 aromatic carbocycles. The fourth-order valence-electron chi connectivity index (χ4n) is 2.20. The fourth-order valence-corrected chi connectivity index (χ4v) is 2.55. The van der Waals surface area contributed by atoms with E-state index in [1.807, 2.05) is 0 Å². The van der Waals surface area contributed by atoms with Gasteiger partial charge in [0, 0.05) is 23.8 Å². The molecule has 2 aromatic rings. The Balaban J connectivity index is 1.82. The van der Waals surface area contributed by atoms with Gasteiger partial charge in [-0.15, -0.1) is 10.2 Å². The van der Waals surface area contributed by atoms with Gasteiger partial charge in [0.2, 0.25) is 5.82 Å². The molecule has 0 bridgehead atoms. The fraction of sp³-hybridized carbons (Fsp3) is 0.364. The lowest BCUT2D eigenvalue weighted by molar-refractivity contribution is -0.147. The molecule has 3 heterocycles. The number of aromatic amines is 1. The molecule has 21 heavy (non-hydrogen) atoms. The Kier molecular flexibility index (Phi) is 3.27. The van der Waals surface area contributed by atoms with Crippen molar-refractivity contribution in [3.63, 3.8) is 0 Å². The maximum Gasteiger partial charge on any atom is 0.451 e. The van der Waals surface area contributed by atoms with Gasteiger partial charge in [-0.25, -0.2) is 0 Å². The third-order valence-electron chi connectivity index (χ3n) is 3.17. The Hall–Kier alpha value is -1.84. The van der Waals surface area contributed by atoms with Gasteiger partial charge in [0.25, 0.3) is 5.91 Å². The maximum absolute atomic E-state index is 12.7. The molecule has 10 heteroatoms. The van der Waals surface area contributed by atoms with Crippen molar-refractivity contribution in [3.05, 3.63) is 34.1 Å². The van der Waals surface area contributed by atoms with Gasteiger partial charge < -0.3 is 14.5 Å². The van der Waals surface area contributed by atoms with E-state index in [4.69, 9.17) is 0 Å². The second-order valence-electron chi connectivity index (χ2n) is 4.55. The monoisotopic (exact) mass is 363 g/mol. The van der Waals surface area contributed by atoms with E-state index in [1.165, 1.54) is 4.90 Å². The lowest BCUT2D eigenvalue weighted by Crippen LogP contribution is -2.39. The molecule has 0 aliphatic carbocycles. The molecule has 0 saturated heterocycles. The van der Waals surface area contributed by atoms with Crippen LogP contribution in [0.25, 0.3) is 0 Å².